The Balaban J connectivity index is 3.47. The molecular weight excluding hydrogens is 210 g/mol. The molecule has 0 bridgehead atoms. The number of hydrogen-bond acceptors (Lipinski definition) is 5. The standard InChI is InChI=1S/C11H23NO4/c1-11(14,10(13)16-3)9-12-7-5-4-6-8-15-2/h12,14H,4-9H2,1-3H3. The van der Waals surface area contributed by atoms with Gasteiger partial charge in [-0.15, -0.1) is 0 Å². The molecule has 0 aromatic rings. The van der Waals surface area contributed by atoms with Crippen molar-refractivity contribution in [3.8, 4) is 0 Å². The van der Waals surface area contributed by atoms with Crippen molar-refractivity contribution in [1.29, 1.82) is 0 Å². The number of unbranched alkanes of at least 4 members (excludes halogenated alkanes) is 2. The molecule has 0 aliphatic carbocycles. The summed E-state index contributed by atoms with van der Waals surface area (Å²) in [6.45, 7) is 3.21. The van der Waals surface area contributed by atoms with Crippen molar-refractivity contribution in [2.75, 3.05) is 33.9 Å². The monoisotopic (exact) mass is 233 g/mol. The Hall–Kier alpha value is -0.650. The molecule has 0 saturated carbocycles. The second-order valence-electron chi connectivity index (χ2n) is 4.00. The lowest BCUT2D eigenvalue weighted by molar-refractivity contribution is -0.159. The van der Waals surface area contributed by atoms with Crippen LogP contribution in [0.25, 0.3) is 0 Å². The summed E-state index contributed by atoms with van der Waals surface area (Å²) in [5.74, 6) is -0.612. The number of carbonyl (C=O) groups excluding carboxylic acids is 1. The highest BCUT2D eigenvalue weighted by molar-refractivity contribution is 5.78. The van der Waals surface area contributed by atoms with Crippen molar-refractivity contribution in [2.24, 2.45) is 0 Å². The molecule has 96 valence electrons. The predicted octanol–water partition coefficient (Wildman–Crippen LogP) is 0.317. The molecule has 5 nitrogen and oxygen atoms in total. The van der Waals surface area contributed by atoms with Crippen molar-refractivity contribution < 1.29 is 19.4 Å². The second kappa shape index (κ2) is 8.50. The van der Waals surface area contributed by atoms with Gasteiger partial charge in [-0.1, -0.05) is 0 Å². The zero-order valence-corrected chi connectivity index (χ0v) is 10.4. The first-order valence-electron chi connectivity index (χ1n) is 5.55. The van der Waals surface area contributed by atoms with E-state index in [2.05, 4.69) is 10.1 Å². The number of ether oxygens (including phenoxy) is 2. The van der Waals surface area contributed by atoms with E-state index in [9.17, 15) is 9.90 Å². The number of methoxy groups -OCH3 is 2. The molecule has 0 heterocycles. The minimum absolute atomic E-state index is 0.212. The first kappa shape index (κ1) is 15.3. The first-order chi connectivity index (χ1) is 7.54. The van der Waals surface area contributed by atoms with Gasteiger partial charge in [0.2, 0.25) is 0 Å². The molecule has 1 unspecified atom stereocenters. The number of nitrogens with one attached hydrogen (secondary N) is 1. The van der Waals surface area contributed by atoms with Gasteiger partial charge in [0.1, 0.15) is 0 Å². The van der Waals surface area contributed by atoms with E-state index in [0.29, 0.717) is 0 Å². The molecule has 5 heteroatoms. The van der Waals surface area contributed by atoms with Crippen LogP contribution in [-0.4, -0.2) is 50.6 Å². The minimum Gasteiger partial charge on any atom is -0.467 e. The van der Waals surface area contributed by atoms with Gasteiger partial charge in [-0.05, 0) is 32.7 Å². The highest BCUT2D eigenvalue weighted by Gasteiger charge is 2.30. The van der Waals surface area contributed by atoms with Gasteiger partial charge in [-0.2, -0.15) is 0 Å². The minimum atomic E-state index is -1.44. The molecule has 0 amide bonds. The summed E-state index contributed by atoms with van der Waals surface area (Å²) in [5.41, 5.74) is -1.44. The average Bonchev–Trinajstić information content (AvgIpc) is 2.26. The molecule has 0 aromatic carbocycles. The fourth-order valence-corrected chi connectivity index (χ4v) is 1.30. The number of aliphatic hydroxyl groups is 1. The Kier molecular flexibility index (Phi) is 8.15. The Labute approximate surface area is 97.1 Å². The zero-order chi connectivity index (χ0) is 12.4. The van der Waals surface area contributed by atoms with Gasteiger partial charge in [-0.25, -0.2) is 4.79 Å². The van der Waals surface area contributed by atoms with E-state index in [-0.39, 0.29) is 6.54 Å². The third kappa shape index (κ3) is 6.76. The van der Waals surface area contributed by atoms with Crippen LogP contribution in [-0.2, 0) is 14.3 Å². The molecule has 0 aromatic heterocycles. The SMILES string of the molecule is COCCCCCNCC(C)(O)C(=O)OC. The van der Waals surface area contributed by atoms with Crippen LogP contribution in [0.4, 0.5) is 0 Å². The maximum Gasteiger partial charge on any atom is 0.338 e. The van der Waals surface area contributed by atoms with Gasteiger partial charge >= 0.3 is 5.97 Å². The Morgan fingerprint density at radius 2 is 2.00 bits per heavy atom. The second-order valence-corrected chi connectivity index (χ2v) is 4.00. The fraction of sp³-hybridized carbons (Fsp3) is 0.909. The molecule has 0 aliphatic rings. The lowest BCUT2D eigenvalue weighted by Crippen LogP contribution is -2.45. The molecule has 0 fully saturated rings. The van der Waals surface area contributed by atoms with Crippen molar-refractivity contribution >= 4 is 5.97 Å². The van der Waals surface area contributed by atoms with E-state index < -0.39 is 11.6 Å². The fourth-order valence-electron chi connectivity index (χ4n) is 1.30. The van der Waals surface area contributed by atoms with Gasteiger partial charge in [0.05, 0.1) is 7.11 Å². The number of rotatable bonds is 9. The van der Waals surface area contributed by atoms with E-state index in [1.54, 1.807) is 7.11 Å². The van der Waals surface area contributed by atoms with Crippen molar-refractivity contribution in [2.45, 2.75) is 31.8 Å². The van der Waals surface area contributed by atoms with Gasteiger partial charge in [0, 0.05) is 20.3 Å². The summed E-state index contributed by atoms with van der Waals surface area (Å²) in [5, 5.41) is 12.7. The highest BCUT2D eigenvalue weighted by atomic mass is 16.5. The van der Waals surface area contributed by atoms with Gasteiger partial charge in [0.15, 0.2) is 5.60 Å². The lowest BCUT2D eigenvalue weighted by atomic mass is 10.1. The molecule has 0 aliphatic heterocycles. The van der Waals surface area contributed by atoms with E-state index in [1.807, 2.05) is 0 Å². The topological polar surface area (TPSA) is 67.8 Å². The van der Waals surface area contributed by atoms with Crippen LogP contribution in [0.15, 0.2) is 0 Å². The van der Waals surface area contributed by atoms with Gasteiger partial charge in [-0.3, -0.25) is 0 Å². The van der Waals surface area contributed by atoms with Gasteiger partial charge in [0.25, 0.3) is 0 Å². The van der Waals surface area contributed by atoms with E-state index >= 15 is 0 Å². The molecule has 0 saturated heterocycles. The van der Waals surface area contributed by atoms with Crippen LogP contribution < -0.4 is 5.32 Å². The molecule has 0 radical (unpaired) electrons. The predicted molar refractivity (Wildman–Crippen MR) is 61.2 cm³/mol. The largest absolute Gasteiger partial charge is 0.467 e. The number of esters is 1. The quantitative estimate of drug-likeness (QED) is 0.443. The Morgan fingerprint density at radius 1 is 1.31 bits per heavy atom. The van der Waals surface area contributed by atoms with Crippen molar-refractivity contribution in [1.82, 2.24) is 5.32 Å². The van der Waals surface area contributed by atoms with Crippen LogP contribution in [0.3, 0.4) is 0 Å². The van der Waals surface area contributed by atoms with Crippen LogP contribution >= 0.6 is 0 Å². The van der Waals surface area contributed by atoms with Gasteiger partial charge < -0.3 is 19.9 Å². The molecule has 1 atom stereocenters. The molecule has 16 heavy (non-hydrogen) atoms. The Bertz CT molecular complexity index is 194. The van der Waals surface area contributed by atoms with Crippen LogP contribution in [0, 0.1) is 0 Å². The molecule has 0 spiro atoms. The van der Waals surface area contributed by atoms with Crippen LogP contribution in [0.1, 0.15) is 26.2 Å². The lowest BCUT2D eigenvalue weighted by Gasteiger charge is -2.20. The first-order valence-corrected chi connectivity index (χ1v) is 5.55. The zero-order valence-electron chi connectivity index (χ0n) is 10.4. The normalized spacial score (nSPS) is 14.5. The van der Waals surface area contributed by atoms with E-state index in [4.69, 9.17) is 4.74 Å². The molecule has 2 N–H and O–H groups in total. The number of carbonyl (C=O) groups is 1. The summed E-state index contributed by atoms with van der Waals surface area (Å²) in [6.07, 6.45) is 3.10. The summed E-state index contributed by atoms with van der Waals surface area (Å²) < 4.78 is 9.41. The number of hydrogen-bond donors (Lipinski definition) is 2. The van der Waals surface area contributed by atoms with Crippen LogP contribution in [0.2, 0.25) is 0 Å². The maximum absolute atomic E-state index is 11.1. The maximum atomic E-state index is 11.1. The van der Waals surface area contributed by atoms with Crippen molar-refractivity contribution in [3.05, 3.63) is 0 Å². The average molecular weight is 233 g/mol. The van der Waals surface area contributed by atoms with E-state index in [0.717, 1.165) is 32.4 Å². The van der Waals surface area contributed by atoms with Crippen LogP contribution in [0.5, 0.6) is 0 Å². The smallest absolute Gasteiger partial charge is 0.338 e. The van der Waals surface area contributed by atoms with E-state index in [1.165, 1.54) is 14.0 Å². The summed E-state index contributed by atoms with van der Waals surface area (Å²) in [6, 6.07) is 0. The summed E-state index contributed by atoms with van der Waals surface area (Å²) >= 11 is 0. The molecule has 0 rings (SSSR count). The third-order valence-corrected chi connectivity index (χ3v) is 2.30. The Morgan fingerprint density at radius 3 is 2.56 bits per heavy atom. The summed E-state index contributed by atoms with van der Waals surface area (Å²) in [4.78, 5) is 11.1. The summed E-state index contributed by atoms with van der Waals surface area (Å²) in [7, 11) is 2.95. The highest BCUT2D eigenvalue weighted by Crippen LogP contribution is 2.03. The molecular formula is C11H23NO4. The third-order valence-electron chi connectivity index (χ3n) is 2.30. The van der Waals surface area contributed by atoms with Crippen molar-refractivity contribution in [3.63, 3.8) is 0 Å².